The molecule has 0 atom stereocenters. The van der Waals surface area contributed by atoms with Crippen LogP contribution in [-0.2, 0) is 11.8 Å². The van der Waals surface area contributed by atoms with Crippen molar-refractivity contribution in [2.24, 2.45) is 12.2 Å². The van der Waals surface area contributed by atoms with E-state index >= 15 is 0 Å². The molecule has 0 radical (unpaired) electrons. The van der Waals surface area contributed by atoms with Gasteiger partial charge in [0.1, 0.15) is 11.5 Å². The van der Waals surface area contributed by atoms with Gasteiger partial charge in [0.25, 0.3) is 0 Å². The average molecular weight is 294 g/mol. The lowest BCUT2D eigenvalue weighted by atomic mass is 10.2. The molecular weight excluding hydrogens is 280 g/mol. The number of carbonyl (C=O) groups is 1. The quantitative estimate of drug-likeness (QED) is 0.692. The summed E-state index contributed by atoms with van der Waals surface area (Å²) in [6, 6.07) is 10.7. The zero-order valence-corrected chi connectivity index (χ0v) is 12.2. The topological polar surface area (TPSA) is 67.6 Å². The van der Waals surface area contributed by atoms with Crippen LogP contribution in [0.3, 0.4) is 0 Å². The first-order valence-electron chi connectivity index (χ1n) is 6.75. The Kier molecular flexibility index (Phi) is 3.42. The Hall–Kier alpha value is -3.02. The number of hydrogen-bond donors (Lipinski definition) is 0. The molecule has 2 heterocycles. The van der Waals surface area contributed by atoms with Gasteiger partial charge in [-0.15, -0.1) is 4.91 Å². The number of amides is 1. The van der Waals surface area contributed by atoms with Crippen LogP contribution in [0.25, 0.3) is 10.9 Å². The van der Waals surface area contributed by atoms with Crippen molar-refractivity contribution in [2.75, 3.05) is 4.90 Å². The minimum absolute atomic E-state index is 0.189. The van der Waals surface area contributed by atoms with Crippen LogP contribution in [-0.4, -0.2) is 15.5 Å². The number of rotatable bonds is 3. The molecule has 3 aromatic rings. The highest BCUT2D eigenvalue weighted by Gasteiger charge is 2.16. The van der Waals surface area contributed by atoms with Crippen LogP contribution in [0.15, 0.2) is 54.0 Å². The number of aryl methyl sites for hydroxylation is 1. The van der Waals surface area contributed by atoms with Crippen molar-refractivity contribution in [3.63, 3.8) is 0 Å². The Morgan fingerprint density at radius 1 is 1.23 bits per heavy atom. The average Bonchev–Trinajstić information content (AvgIpc) is 2.88. The molecule has 0 bridgehead atoms. The van der Waals surface area contributed by atoms with Crippen molar-refractivity contribution in [3.05, 3.63) is 53.7 Å². The smallest absolute Gasteiger partial charge is 0.229 e. The van der Waals surface area contributed by atoms with Gasteiger partial charge < -0.3 is 4.57 Å². The van der Waals surface area contributed by atoms with E-state index in [1.807, 2.05) is 42.1 Å². The van der Waals surface area contributed by atoms with Crippen LogP contribution in [0.1, 0.15) is 6.92 Å². The molecule has 6 nitrogen and oxygen atoms in total. The number of nitrogens with zero attached hydrogens (tertiary/aromatic N) is 4. The molecule has 0 aliphatic rings. The summed E-state index contributed by atoms with van der Waals surface area (Å²) in [5.74, 6) is 0.186. The lowest BCUT2D eigenvalue weighted by Gasteiger charge is -2.20. The van der Waals surface area contributed by atoms with Gasteiger partial charge in [-0.3, -0.25) is 9.69 Å². The minimum atomic E-state index is -0.189. The molecule has 0 fully saturated rings. The van der Waals surface area contributed by atoms with Gasteiger partial charge in [-0.2, -0.15) is 0 Å². The second-order valence-electron chi connectivity index (χ2n) is 4.99. The number of aromatic nitrogens is 2. The van der Waals surface area contributed by atoms with Crippen LogP contribution in [0.5, 0.6) is 0 Å². The molecule has 2 aromatic heterocycles. The molecule has 0 aliphatic heterocycles. The summed E-state index contributed by atoms with van der Waals surface area (Å²) < 4.78 is 2.01. The fraction of sp³-hybridized carbons (Fsp3) is 0.125. The summed E-state index contributed by atoms with van der Waals surface area (Å²) in [5, 5.41) is 3.91. The highest BCUT2D eigenvalue weighted by molar-refractivity contribution is 6.00. The number of anilines is 2. The van der Waals surface area contributed by atoms with Crippen molar-refractivity contribution in [1.82, 2.24) is 9.55 Å². The molecule has 0 saturated heterocycles. The fourth-order valence-electron chi connectivity index (χ4n) is 2.47. The predicted octanol–water partition coefficient (Wildman–Crippen LogP) is 3.66. The molecule has 0 spiro atoms. The summed E-state index contributed by atoms with van der Waals surface area (Å²) in [4.78, 5) is 28.4. The van der Waals surface area contributed by atoms with Crippen LogP contribution in [0, 0.1) is 4.91 Å². The first kappa shape index (κ1) is 13.9. The number of benzene rings is 1. The Morgan fingerprint density at radius 3 is 2.77 bits per heavy atom. The van der Waals surface area contributed by atoms with Gasteiger partial charge >= 0.3 is 0 Å². The van der Waals surface area contributed by atoms with E-state index in [4.69, 9.17) is 0 Å². The van der Waals surface area contributed by atoms with Crippen molar-refractivity contribution in [2.45, 2.75) is 6.92 Å². The third kappa shape index (κ3) is 2.35. The highest BCUT2D eigenvalue weighted by Crippen LogP contribution is 2.29. The first-order chi connectivity index (χ1) is 10.6. The van der Waals surface area contributed by atoms with Crippen LogP contribution in [0.4, 0.5) is 17.2 Å². The van der Waals surface area contributed by atoms with E-state index in [9.17, 15) is 9.70 Å². The molecule has 0 N–H and O–H groups in total. The molecular formula is C16H14N4O2. The van der Waals surface area contributed by atoms with E-state index < -0.39 is 0 Å². The number of nitroso groups, excluding NO2 is 1. The summed E-state index contributed by atoms with van der Waals surface area (Å²) in [6.07, 6.45) is 3.42. The Morgan fingerprint density at radius 2 is 2.05 bits per heavy atom. The minimum Gasteiger partial charge on any atom is -0.351 e. The van der Waals surface area contributed by atoms with Gasteiger partial charge in [-0.05, 0) is 35.5 Å². The lowest BCUT2D eigenvalue weighted by molar-refractivity contribution is -0.115. The zero-order chi connectivity index (χ0) is 15.7. The predicted molar refractivity (Wildman–Crippen MR) is 85.4 cm³/mol. The maximum atomic E-state index is 12.1. The Labute approximate surface area is 127 Å². The zero-order valence-electron chi connectivity index (χ0n) is 12.2. The van der Waals surface area contributed by atoms with E-state index in [2.05, 4.69) is 10.2 Å². The monoisotopic (exact) mass is 294 g/mol. The molecule has 3 rings (SSSR count). The van der Waals surface area contributed by atoms with Crippen LogP contribution in [0.2, 0.25) is 0 Å². The Balaban J connectivity index is 2.12. The summed E-state index contributed by atoms with van der Waals surface area (Å²) in [6.45, 7) is 1.46. The third-order valence-corrected chi connectivity index (χ3v) is 3.51. The van der Waals surface area contributed by atoms with Crippen molar-refractivity contribution in [3.8, 4) is 0 Å². The van der Waals surface area contributed by atoms with Gasteiger partial charge in [0, 0.05) is 43.3 Å². The number of pyridine rings is 1. The van der Waals surface area contributed by atoms with Gasteiger partial charge in [0.2, 0.25) is 5.91 Å². The summed E-state index contributed by atoms with van der Waals surface area (Å²) in [7, 11) is 1.96. The van der Waals surface area contributed by atoms with Gasteiger partial charge in [0.05, 0.1) is 5.69 Å². The molecule has 110 valence electrons. The highest BCUT2D eigenvalue weighted by atomic mass is 16.3. The number of carbonyl (C=O) groups excluding carboxylic acids is 1. The van der Waals surface area contributed by atoms with E-state index in [1.165, 1.54) is 30.2 Å². The first-order valence-corrected chi connectivity index (χ1v) is 6.75. The fourth-order valence-corrected chi connectivity index (χ4v) is 2.47. The largest absolute Gasteiger partial charge is 0.351 e. The van der Waals surface area contributed by atoms with Crippen LogP contribution >= 0.6 is 0 Å². The number of hydrogen-bond acceptors (Lipinski definition) is 4. The van der Waals surface area contributed by atoms with Gasteiger partial charge in [-0.1, -0.05) is 0 Å². The van der Waals surface area contributed by atoms with E-state index in [-0.39, 0.29) is 11.6 Å². The van der Waals surface area contributed by atoms with Crippen molar-refractivity contribution >= 4 is 34.0 Å². The standard InChI is InChI=1S/C16H14N4O2/c1-11(21)20(16-10-13(18-22)5-7-17-16)14-3-4-15-12(9-14)6-8-19(15)2/h3-10H,1-2H3. The summed E-state index contributed by atoms with van der Waals surface area (Å²) in [5.41, 5.74) is 2.00. The van der Waals surface area contributed by atoms with E-state index in [1.54, 1.807) is 0 Å². The SMILES string of the molecule is CC(=O)N(c1ccc2c(ccn2C)c1)c1cc(N=O)ccn1. The second-order valence-corrected chi connectivity index (χ2v) is 4.99. The van der Waals surface area contributed by atoms with E-state index in [0.717, 1.165) is 10.9 Å². The maximum Gasteiger partial charge on any atom is 0.229 e. The van der Waals surface area contributed by atoms with Gasteiger partial charge in [0.15, 0.2) is 0 Å². The third-order valence-electron chi connectivity index (χ3n) is 3.51. The molecule has 0 saturated carbocycles. The Bertz CT molecular complexity index is 869. The van der Waals surface area contributed by atoms with Crippen LogP contribution < -0.4 is 4.90 Å². The van der Waals surface area contributed by atoms with Gasteiger partial charge in [-0.25, -0.2) is 4.98 Å². The maximum absolute atomic E-state index is 12.1. The normalized spacial score (nSPS) is 10.6. The molecule has 1 amide bonds. The summed E-state index contributed by atoms with van der Waals surface area (Å²) >= 11 is 0. The second kappa shape index (κ2) is 5.40. The number of fused-ring (bicyclic) bond motifs is 1. The molecule has 0 aliphatic carbocycles. The molecule has 1 aromatic carbocycles. The van der Waals surface area contributed by atoms with Crippen molar-refractivity contribution in [1.29, 1.82) is 0 Å². The lowest BCUT2D eigenvalue weighted by Crippen LogP contribution is -2.23. The molecule has 0 unspecified atom stereocenters. The van der Waals surface area contributed by atoms with E-state index in [0.29, 0.717) is 11.5 Å². The molecule has 6 heteroatoms. The molecule has 22 heavy (non-hydrogen) atoms. The van der Waals surface area contributed by atoms with Crippen molar-refractivity contribution < 1.29 is 4.79 Å².